The number of carbonyl (C=O) groups is 1. The van der Waals surface area contributed by atoms with E-state index in [4.69, 9.17) is 4.74 Å². The Kier molecular flexibility index (Phi) is 5.49. The topological polar surface area (TPSA) is 58.6 Å². The highest BCUT2D eigenvalue weighted by atomic mass is 16.5. The van der Waals surface area contributed by atoms with Crippen molar-refractivity contribution >= 4 is 5.91 Å². The van der Waals surface area contributed by atoms with Crippen molar-refractivity contribution in [3.8, 4) is 5.75 Å². The fourth-order valence-corrected chi connectivity index (χ4v) is 3.08. The Morgan fingerprint density at radius 3 is 2.62 bits per heavy atom. The lowest BCUT2D eigenvalue weighted by Gasteiger charge is -2.14. The summed E-state index contributed by atoms with van der Waals surface area (Å²) in [6.07, 6.45) is 1.93. The van der Waals surface area contributed by atoms with Gasteiger partial charge in [-0.25, -0.2) is 0 Å². The number of aliphatic hydroxyl groups excluding tert-OH is 1. The minimum absolute atomic E-state index is 0.0501. The van der Waals surface area contributed by atoms with E-state index < -0.39 is 6.10 Å². The number of amides is 1. The number of aliphatic hydroxyl groups is 1. The van der Waals surface area contributed by atoms with Crippen molar-refractivity contribution in [2.45, 2.75) is 38.5 Å². The highest BCUT2D eigenvalue weighted by molar-refractivity contribution is 5.79. The maximum absolute atomic E-state index is 12.1. The third-order valence-corrected chi connectivity index (χ3v) is 4.42. The molecular formula is C20H23NO3. The number of hydrogen-bond acceptors (Lipinski definition) is 3. The highest BCUT2D eigenvalue weighted by Gasteiger charge is 2.31. The zero-order valence-corrected chi connectivity index (χ0v) is 13.7. The van der Waals surface area contributed by atoms with Crippen LogP contribution in [-0.4, -0.2) is 17.1 Å². The van der Waals surface area contributed by atoms with E-state index in [9.17, 15) is 9.90 Å². The monoisotopic (exact) mass is 325 g/mol. The zero-order valence-electron chi connectivity index (χ0n) is 13.7. The van der Waals surface area contributed by atoms with Crippen LogP contribution < -0.4 is 10.1 Å². The summed E-state index contributed by atoms with van der Waals surface area (Å²) in [7, 11) is 0. The Balaban J connectivity index is 1.52. The number of nitrogens with one attached hydrogen (secondary N) is 1. The van der Waals surface area contributed by atoms with Crippen LogP contribution in [0.3, 0.4) is 0 Å². The summed E-state index contributed by atoms with van der Waals surface area (Å²) in [6.45, 7) is 0.967. The molecule has 4 nitrogen and oxygen atoms in total. The Labute approximate surface area is 142 Å². The van der Waals surface area contributed by atoms with Gasteiger partial charge in [-0.2, -0.15) is 0 Å². The third kappa shape index (κ3) is 4.36. The van der Waals surface area contributed by atoms with Crippen LogP contribution in [0.1, 0.15) is 30.4 Å². The molecule has 0 radical (unpaired) electrons. The molecule has 0 bridgehead atoms. The summed E-state index contributed by atoms with van der Waals surface area (Å²) in [6, 6.07) is 17.7. The van der Waals surface area contributed by atoms with Gasteiger partial charge in [-0.3, -0.25) is 4.79 Å². The number of ether oxygens (including phenoxy) is 1. The van der Waals surface area contributed by atoms with E-state index >= 15 is 0 Å². The molecule has 2 aromatic carbocycles. The van der Waals surface area contributed by atoms with E-state index in [1.54, 1.807) is 0 Å². The van der Waals surface area contributed by atoms with E-state index in [0.717, 1.165) is 36.1 Å². The van der Waals surface area contributed by atoms with Crippen molar-refractivity contribution < 1.29 is 14.6 Å². The van der Waals surface area contributed by atoms with Gasteiger partial charge >= 0.3 is 0 Å². The molecule has 2 atom stereocenters. The Bertz CT molecular complexity index is 672. The first-order valence-corrected chi connectivity index (χ1v) is 8.44. The van der Waals surface area contributed by atoms with Gasteiger partial charge in [0.2, 0.25) is 5.91 Å². The quantitative estimate of drug-likeness (QED) is 0.858. The number of hydrogen-bond donors (Lipinski definition) is 2. The smallest absolute Gasteiger partial charge is 0.225 e. The molecule has 2 N–H and O–H groups in total. The highest BCUT2D eigenvalue weighted by Crippen LogP contribution is 2.25. The fourth-order valence-electron chi connectivity index (χ4n) is 3.08. The summed E-state index contributed by atoms with van der Waals surface area (Å²) >= 11 is 0. The van der Waals surface area contributed by atoms with Crippen molar-refractivity contribution in [1.29, 1.82) is 0 Å². The van der Waals surface area contributed by atoms with Crippen molar-refractivity contribution in [3.63, 3.8) is 0 Å². The first-order valence-electron chi connectivity index (χ1n) is 8.44. The summed E-state index contributed by atoms with van der Waals surface area (Å²) in [5.41, 5.74) is 2.09. The minimum Gasteiger partial charge on any atom is -0.489 e. The summed E-state index contributed by atoms with van der Waals surface area (Å²) in [5, 5.41) is 12.7. The number of rotatable bonds is 6. The van der Waals surface area contributed by atoms with Crippen molar-refractivity contribution in [1.82, 2.24) is 5.32 Å². The van der Waals surface area contributed by atoms with Crippen molar-refractivity contribution in [3.05, 3.63) is 65.7 Å². The van der Waals surface area contributed by atoms with Gasteiger partial charge in [0.15, 0.2) is 0 Å². The lowest BCUT2D eigenvalue weighted by Crippen LogP contribution is -2.34. The maximum Gasteiger partial charge on any atom is 0.225 e. The van der Waals surface area contributed by atoms with Gasteiger partial charge < -0.3 is 15.2 Å². The average Bonchev–Trinajstić information content (AvgIpc) is 3.05. The minimum atomic E-state index is -0.490. The summed E-state index contributed by atoms with van der Waals surface area (Å²) in [4.78, 5) is 12.1. The molecule has 1 saturated carbocycles. The van der Waals surface area contributed by atoms with E-state index in [0.29, 0.717) is 13.2 Å². The largest absolute Gasteiger partial charge is 0.489 e. The maximum atomic E-state index is 12.1. The van der Waals surface area contributed by atoms with Gasteiger partial charge in [0.05, 0.1) is 12.0 Å². The van der Waals surface area contributed by atoms with Gasteiger partial charge in [0.1, 0.15) is 12.4 Å². The molecular weight excluding hydrogens is 302 g/mol. The van der Waals surface area contributed by atoms with E-state index in [1.807, 2.05) is 54.6 Å². The molecule has 2 unspecified atom stereocenters. The molecule has 1 aliphatic carbocycles. The molecule has 1 fully saturated rings. The molecule has 24 heavy (non-hydrogen) atoms. The van der Waals surface area contributed by atoms with Crippen LogP contribution in [0.25, 0.3) is 0 Å². The molecule has 0 aromatic heterocycles. The molecule has 0 spiro atoms. The van der Waals surface area contributed by atoms with Gasteiger partial charge in [-0.15, -0.1) is 0 Å². The third-order valence-electron chi connectivity index (χ3n) is 4.42. The van der Waals surface area contributed by atoms with Gasteiger partial charge in [-0.05, 0) is 42.5 Å². The normalized spacial score (nSPS) is 19.9. The van der Waals surface area contributed by atoms with Crippen molar-refractivity contribution in [2.75, 3.05) is 0 Å². The first kappa shape index (κ1) is 16.5. The lowest BCUT2D eigenvalue weighted by molar-refractivity contribution is -0.127. The molecule has 0 heterocycles. The van der Waals surface area contributed by atoms with Crippen LogP contribution in [0.2, 0.25) is 0 Å². The molecule has 1 amide bonds. The Morgan fingerprint density at radius 1 is 1.08 bits per heavy atom. The number of benzene rings is 2. The zero-order chi connectivity index (χ0) is 16.8. The molecule has 2 aromatic rings. The Hall–Kier alpha value is -2.33. The molecule has 3 rings (SSSR count). The second kappa shape index (κ2) is 7.97. The molecule has 1 aliphatic rings. The fraction of sp³-hybridized carbons (Fsp3) is 0.350. The van der Waals surface area contributed by atoms with Gasteiger partial charge in [0, 0.05) is 6.54 Å². The van der Waals surface area contributed by atoms with Crippen molar-refractivity contribution in [2.24, 2.45) is 5.92 Å². The van der Waals surface area contributed by atoms with Crippen LogP contribution in [0.5, 0.6) is 5.75 Å². The molecule has 0 saturated heterocycles. The Morgan fingerprint density at radius 2 is 1.88 bits per heavy atom. The van der Waals surface area contributed by atoms with Gasteiger partial charge in [-0.1, -0.05) is 42.5 Å². The van der Waals surface area contributed by atoms with Gasteiger partial charge in [0.25, 0.3) is 0 Å². The van der Waals surface area contributed by atoms with Crippen LogP contribution in [-0.2, 0) is 17.9 Å². The second-order valence-corrected chi connectivity index (χ2v) is 6.24. The SMILES string of the molecule is O=C(NCc1cccc(COc2ccccc2)c1)C1CCCC1O. The second-order valence-electron chi connectivity index (χ2n) is 6.24. The van der Waals surface area contributed by atoms with Crippen LogP contribution >= 0.6 is 0 Å². The summed E-state index contributed by atoms with van der Waals surface area (Å²) < 4.78 is 5.75. The van der Waals surface area contributed by atoms with Crippen LogP contribution in [0, 0.1) is 5.92 Å². The predicted octanol–water partition coefficient (Wildman–Crippen LogP) is 3.04. The van der Waals surface area contributed by atoms with E-state index in [1.165, 1.54) is 0 Å². The first-order chi connectivity index (χ1) is 11.7. The van der Waals surface area contributed by atoms with E-state index in [-0.39, 0.29) is 11.8 Å². The standard InChI is InChI=1S/C20H23NO3/c22-19-11-5-10-18(19)20(23)21-13-15-6-4-7-16(12-15)14-24-17-8-2-1-3-9-17/h1-4,6-9,12,18-19,22H,5,10-11,13-14H2,(H,21,23). The van der Waals surface area contributed by atoms with Crippen LogP contribution in [0.15, 0.2) is 54.6 Å². The summed E-state index contributed by atoms with van der Waals surface area (Å²) in [5.74, 6) is 0.534. The molecule has 126 valence electrons. The average molecular weight is 325 g/mol. The molecule has 0 aliphatic heterocycles. The number of para-hydroxylation sites is 1. The van der Waals surface area contributed by atoms with Crippen LogP contribution in [0.4, 0.5) is 0 Å². The number of carbonyl (C=O) groups excluding carboxylic acids is 1. The lowest BCUT2D eigenvalue weighted by atomic mass is 10.0. The molecule has 4 heteroatoms. The van der Waals surface area contributed by atoms with E-state index in [2.05, 4.69) is 5.32 Å². The predicted molar refractivity (Wildman–Crippen MR) is 92.4 cm³/mol.